The van der Waals surface area contributed by atoms with Gasteiger partial charge in [0.2, 0.25) is 0 Å². The molecule has 2 atom stereocenters. The highest BCUT2D eigenvalue weighted by molar-refractivity contribution is 7.84. The van der Waals surface area contributed by atoms with Crippen LogP contribution >= 0.6 is 0 Å². The molecule has 8 heteroatoms. The number of nitrogens with zero attached hydrogens (tertiary/aromatic N) is 2. The number of hydrogen-bond acceptors (Lipinski definition) is 5. The normalized spacial score (nSPS) is 23.2. The molecule has 0 bridgehead atoms. The Morgan fingerprint density at radius 1 is 1.08 bits per heavy atom. The monoisotopic (exact) mass is 515 g/mol. The van der Waals surface area contributed by atoms with Gasteiger partial charge in [-0.05, 0) is 98.6 Å². The Hall–Kier alpha value is -1.24. The Balaban J connectivity index is 1.62. The van der Waals surface area contributed by atoms with Crippen molar-refractivity contribution in [3.05, 3.63) is 35.9 Å². The first kappa shape index (κ1) is 29.3. The molecule has 0 saturated carbocycles. The molecular formula is C28H46BN3O3S. The van der Waals surface area contributed by atoms with Gasteiger partial charge < -0.3 is 9.31 Å². The summed E-state index contributed by atoms with van der Waals surface area (Å²) in [7, 11) is -1.53. The second-order valence-corrected chi connectivity index (χ2v) is 14.5. The Labute approximate surface area is 222 Å². The molecule has 2 heterocycles. The van der Waals surface area contributed by atoms with Crippen LogP contribution < -0.4 is 4.72 Å². The second-order valence-electron chi connectivity index (χ2n) is 12.5. The average Bonchev–Trinajstić information content (AvgIpc) is 3.02. The molecule has 2 fully saturated rings. The van der Waals surface area contributed by atoms with Crippen LogP contribution in [-0.2, 0) is 26.8 Å². The Morgan fingerprint density at radius 2 is 1.67 bits per heavy atom. The molecule has 1 N–H and O–H groups in total. The van der Waals surface area contributed by atoms with E-state index in [1.54, 1.807) is 0 Å². The number of benzene rings is 1. The van der Waals surface area contributed by atoms with Crippen LogP contribution in [0.1, 0.15) is 86.1 Å². The van der Waals surface area contributed by atoms with Crippen LogP contribution in [0.5, 0.6) is 0 Å². The minimum Gasteiger partial charge on any atom is -0.403 e. The lowest BCUT2D eigenvalue weighted by Crippen LogP contribution is -2.56. The maximum atomic E-state index is 13.2. The van der Waals surface area contributed by atoms with Crippen LogP contribution in [0.25, 0.3) is 0 Å². The van der Waals surface area contributed by atoms with Crippen molar-refractivity contribution in [1.29, 1.82) is 5.26 Å². The predicted octanol–water partition coefficient (Wildman–Crippen LogP) is 5.48. The fraction of sp³-hybridized carbons (Fsp3) is 0.750. The van der Waals surface area contributed by atoms with E-state index in [1.165, 1.54) is 5.56 Å². The summed E-state index contributed by atoms with van der Waals surface area (Å²) < 4.78 is 28.4. The van der Waals surface area contributed by atoms with Crippen molar-refractivity contribution in [2.45, 2.75) is 115 Å². The molecule has 1 aromatic carbocycles. The first-order valence-electron chi connectivity index (χ1n) is 13.5. The molecule has 6 nitrogen and oxygen atoms in total. The van der Waals surface area contributed by atoms with Gasteiger partial charge in [-0.25, -0.2) is 8.93 Å². The third-order valence-corrected chi connectivity index (χ3v) is 9.79. The highest BCUT2D eigenvalue weighted by Gasteiger charge is 2.50. The van der Waals surface area contributed by atoms with E-state index in [2.05, 4.69) is 67.7 Å². The number of piperidine rings is 1. The van der Waals surface area contributed by atoms with Crippen LogP contribution in [0.4, 0.5) is 0 Å². The summed E-state index contributed by atoms with van der Waals surface area (Å²) in [6.45, 7) is 17.0. The molecule has 200 valence electrons. The molecule has 0 spiro atoms. The van der Waals surface area contributed by atoms with Gasteiger partial charge in [0.1, 0.15) is 5.54 Å². The zero-order valence-corrected chi connectivity index (χ0v) is 24.2. The summed E-state index contributed by atoms with van der Waals surface area (Å²) in [5, 5.41) is 10.5. The van der Waals surface area contributed by atoms with Crippen molar-refractivity contribution in [2.24, 2.45) is 5.92 Å². The quantitative estimate of drug-likeness (QED) is 0.330. The highest BCUT2D eigenvalue weighted by Crippen LogP contribution is 2.39. The van der Waals surface area contributed by atoms with Crippen molar-refractivity contribution in [3.63, 3.8) is 0 Å². The first-order chi connectivity index (χ1) is 16.8. The number of likely N-dealkylation sites (tertiary alicyclic amines) is 1. The fourth-order valence-electron chi connectivity index (χ4n) is 5.05. The van der Waals surface area contributed by atoms with Gasteiger partial charge in [-0.2, -0.15) is 5.26 Å². The average molecular weight is 516 g/mol. The Morgan fingerprint density at radius 3 is 2.19 bits per heavy atom. The van der Waals surface area contributed by atoms with Crippen molar-refractivity contribution < 1.29 is 13.5 Å². The Kier molecular flexibility index (Phi) is 9.49. The molecule has 0 aliphatic carbocycles. The molecular weight excluding hydrogens is 469 g/mol. The predicted molar refractivity (Wildman–Crippen MR) is 149 cm³/mol. The summed E-state index contributed by atoms with van der Waals surface area (Å²) in [4.78, 5) is 2.47. The summed E-state index contributed by atoms with van der Waals surface area (Å²) in [5.41, 5.74) is -0.135. The van der Waals surface area contributed by atoms with Gasteiger partial charge in [-0.3, -0.25) is 4.90 Å². The standard InChI is InChI=1S/C28H46BN3O3S/c1-25(2,3)36(33)31-28(22-30,17-11-12-18-29-34-26(4,5)27(6,7)35-29)24-15-19-32(20-16-24)21-23-13-9-8-10-14-23/h8-10,13-14,24,31H,11-12,15-21H2,1-7H3/t28-,36?/m0/s1. The summed E-state index contributed by atoms with van der Waals surface area (Å²) in [6, 6.07) is 13.2. The Bertz CT molecular complexity index is 904. The maximum absolute atomic E-state index is 13.2. The lowest BCUT2D eigenvalue weighted by atomic mass is 9.75. The van der Waals surface area contributed by atoms with Gasteiger partial charge >= 0.3 is 7.12 Å². The van der Waals surface area contributed by atoms with Gasteiger partial charge in [0, 0.05) is 6.54 Å². The van der Waals surface area contributed by atoms with Crippen molar-refractivity contribution in [1.82, 2.24) is 9.62 Å². The molecule has 3 rings (SSSR count). The zero-order chi connectivity index (χ0) is 26.6. The number of unbranched alkanes of at least 4 members (excludes halogenated alkanes) is 1. The first-order valence-corrected chi connectivity index (χ1v) is 14.7. The van der Waals surface area contributed by atoms with E-state index >= 15 is 0 Å². The number of nitriles is 1. The number of rotatable bonds is 10. The molecule has 36 heavy (non-hydrogen) atoms. The molecule has 0 aromatic heterocycles. The third kappa shape index (κ3) is 7.20. The molecule has 2 aliphatic rings. The minimum absolute atomic E-state index is 0.165. The molecule has 2 saturated heterocycles. The summed E-state index contributed by atoms with van der Waals surface area (Å²) in [5.74, 6) is 0.165. The lowest BCUT2D eigenvalue weighted by Gasteiger charge is -2.42. The molecule has 0 amide bonds. The van der Waals surface area contributed by atoms with Crippen LogP contribution in [-0.4, -0.2) is 50.8 Å². The minimum atomic E-state index is -1.31. The van der Waals surface area contributed by atoms with Gasteiger partial charge in [0.05, 0.1) is 33.0 Å². The SMILES string of the molecule is CC(C)(C)S(=O)N[C@](C#N)(CCCCB1OC(C)(C)C(C)(C)O1)C1CCN(Cc2ccccc2)CC1. The summed E-state index contributed by atoms with van der Waals surface area (Å²) >= 11 is 0. The van der Waals surface area contributed by atoms with Crippen molar-refractivity contribution in [3.8, 4) is 6.07 Å². The topological polar surface area (TPSA) is 74.6 Å². The highest BCUT2D eigenvalue weighted by atomic mass is 32.2. The smallest absolute Gasteiger partial charge is 0.403 e. The van der Waals surface area contributed by atoms with E-state index in [0.717, 1.165) is 51.6 Å². The van der Waals surface area contributed by atoms with Crippen molar-refractivity contribution >= 4 is 18.1 Å². The molecule has 1 aromatic rings. The van der Waals surface area contributed by atoms with E-state index in [0.29, 0.717) is 6.42 Å². The van der Waals surface area contributed by atoms with Crippen LogP contribution in [0.2, 0.25) is 6.32 Å². The number of hydrogen-bond donors (Lipinski definition) is 1. The van der Waals surface area contributed by atoms with E-state index in [1.807, 2.05) is 26.8 Å². The van der Waals surface area contributed by atoms with Gasteiger partial charge in [-0.1, -0.05) is 43.2 Å². The molecule has 0 radical (unpaired) electrons. The van der Waals surface area contributed by atoms with Gasteiger partial charge in [0.15, 0.2) is 0 Å². The van der Waals surface area contributed by atoms with Crippen molar-refractivity contribution in [2.75, 3.05) is 13.1 Å². The van der Waals surface area contributed by atoms with E-state index in [4.69, 9.17) is 9.31 Å². The van der Waals surface area contributed by atoms with E-state index < -0.39 is 21.3 Å². The van der Waals surface area contributed by atoms with Crippen LogP contribution in [0.3, 0.4) is 0 Å². The van der Waals surface area contributed by atoms with Gasteiger partial charge in [0.25, 0.3) is 0 Å². The summed E-state index contributed by atoms with van der Waals surface area (Å²) in [6.07, 6.45) is 5.07. The fourth-order valence-corrected chi connectivity index (χ4v) is 6.00. The maximum Gasteiger partial charge on any atom is 0.457 e. The van der Waals surface area contributed by atoms with Gasteiger partial charge in [-0.15, -0.1) is 0 Å². The zero-order valence-electron chi connectivity index (χ0n) is 23.4. The lowest BCUT2D eigenvalue weighted by molar-refractivity contribution is 0.00578. The second kappa shape index (κ2) is 11.7. The van der Waals surface area contributed by atoms with Crippen LogP contribution in [0.15, 0.2) is 30.3 Å². The van der Waals surface area contributed by atoms with E-state index in [9.17, 15) is 9.47 Å². The third-order valence-electron chi connectivity index (χ3n) is 8.13. The number of nitrogens with one attached hydrogen (secondary N) is 1. The van der Waals surface area contributed by atoms with E-state index in [-0.39, 0.29) is 24.2 Å². The van der Waals surface area contributed by atoms with Crippen LogP contribution in [0, 0.1) is 17.2 Å². The molecule has 1 unspecified atom stereocenters. The largest absolute Gasteiger partial charge is 0.457 e. The molecule has 2 aliphatic heterocycles.